The van der Waals surface area contributed by atoms with Crippen LogP contribution in [0.2, 0.25) is 0 Å². The zero-order valence-electron chi connectivity index (χ0n) is 9.91. The van der Waals surface area contributed by atoms with Crippen LogP contribution in [0.25, 0.3) is 0 Å². The number of aliphatic hydroxyl groups excluding tert-OH is 1. The standard InChI is InChI=1S/C12H18BrNO2S/c1-9(3-2-6-15)14-12(16)5-4-11-7-10(13)8-17-11/h7-9,15H,2-6H2,1H3,(H,14,16). The molecule has 17 heavy (non-hydrogen) atoms. The van der Waals surface area contributed by atoms with E-state index in [0.717, 1.165) is 23.7 Å². The highest BCUT2D eigenvalue weighted by Crippen LogP contribution is 2.20. The average Bonchev–Trinajstić information content (AvgIpc) is 2.70. The van der Waals surface area contributed by atoms with Crippen LogP contribution in [0, 0.1) is 0 Å². The van der Waals surface area contributed by atoms with Gasteiger partial charge in [0.25, 0.3) is 0 Å². The van der Waals surface area contributed by atoms with Crippen LogP contribution in [0.1, 0.15) is 31.1 Å². The van der Waals surface area contributed by atoms with E-state index < -0.39 is 0 Å². The average molecular weight is 320 g/mol. The molecule has 1 aromatic rings. The van der Waals surface area contributed by atoms with Crippen molar-refractivity contribution in [3.8, 4) is 0 Å². The maximum atomic E-state index is 11.6. The Hall–Kier alpha value is -0.390. The summed E-state index contributed by atoms with van der Waals surface area (Å²) < 4.78 is 1.08. The van der Waals surface area contributed by atoms with Crippen molar-refractivity contribution in [1.29, 1.82) is 0 Å². The van der Waals surface area contributed by atoms with Crippen LogP contribution in [0.3, 0.4) is 0 Å². The quantitative estimate of drug-likeness (QED) is 0.811. The summed E-state index contributed by atoms with van der Waals surface area (Å²) in [5.74, 6) is 0.0833. The Morgan fingerprint density at radius 1 is 1.65 bits per heavy atom. The van der Waals surface area contributed by atoms with Crippen LogP contribution in [-0.4, -0.2) is 23.7 Å². The van der Waals surface area contributed by atoms with E-state index in [1.165, 1.54) is 4.88 Å². The lowest BCUT2D eigenvalue weighted by Crippen LogP contribution is -2.32. The molecule has 1 unspecified atom stereocenters. The Morgan fingerprint density at radius 3 is 3.00 bits per heavy atom. The molecule has 0 aliphatic carbocycles. The maximum absolute atomic E-state index is 11.6. The van der Waals surface area contributed by atoms with E-state index in [-0.39, 0.29) is 18.6 Å². The van der Waals surface area contributed by atoms with Crippen molar-refractivity contribution in [1.82, 2.24) is 5.32 Å². The van der Waals surface area contributed by atoms with Crippen LogP contribution in [0.5, 0.6) is 0 Å². The van der Waals surface area contributed by atoms with Gasteiger partial charge in [-0.15, -0.1) is 11.3 Å². The van der Waals surface area contributed by atoms with Crippen LogP contribution >= 0.6 is 27.3 Å². The second kappa shape index (κ2) is 7.84. The molecule has 0 spiro atoms. The molecule has 96 valence electrons. The number of thiophene rings is 1. The molecule has 0 saturated heterocycles. The van der Waals surface area contributed by atoms with Crippen molar-refractivity contribution in [2.45, 2.75) is 38.6 Å². The van der Waals surface area contributed by atoms with Crippen LogP contribution in [0.15, 0.2) is 15.9 Å². The number of nitrogens with one attached hydrogen (secondary N) is 1. The third-order valence-corrected chi connectivity index (χ3v) is 4.18. The highest BCUT2D eigenvalue weighted by Gasteiger charge is 2.07. The van der Waals surface area contributed by atoms with Gasteiger partial charge in [-0.1, -0.05) is 0 Å². The highest BCUT2D eigenvalue weighted by atomic mass is 79.9. The Labute approximate surface area is 114 Å². The first kappa shape index (κ1) is 14.7. The van der Waals surface area contributed by atoms with E-state index >= 15 is 0 Å². The second-order valence-corrected chi connectivity index (χ2v) is 5.98. The van der Waals surface area contributed by atoms with E-state index in [9.17, 15) is 4.79 Å². The predicted octanol–water partition coefficient (Wildman–Crippen LogP) is 2.72. The first-order valence-corrected chi connectivity index (χ1v) is 7.42. The van der Waals surface area contributed by atoms with Crippen molar-refractivity contribution >= 4 is 33.2 Å². The third kappa shape index (κ3) is 6.19. The number of carbonyl (C=O) groups excluding carboxylic acids is 1. The SMILES string of the molecule is CC(CCCO)NC(=O)CCc1cc(Br)cs1. The van der Waals surface area contributed by atoms with Gasteiger partial charge in [-0.05, 0) is 48.2 Å². The molecular formula is C12H18BrNO2S. The zero-order chi connectivity index (χ0) is 12.7. The minimum atomic E-state index is 0.0833. The molecule has 5 heteroatoms. The topological polar surface area (TPSA) is 49.3 Å². The second-order valence-electron chi connectivity index (χ2n) is 4.07. The van der Waals surface area contributed by atoms with Gasteiger partial charge in [0, 0.05) is 33.8 Å². The molecule has 0 saturated carbocycles. The summed E-state index contributed by atoms with van der Waals surface area (Å²) in [5.41, 5.74) is 0. The van der Waals surface area contributed by atoms with Crippen LogP contribution < -0.4 is 5.32 Å². The predicted molar refractivity (Wildman–Crippen MR) is 74.3 cm³/mol. The molecule has 1 atom stereocenters. The van der Waals surface area contributed by atoms with Gasteiger partial charge in [0.1, 0.15) is 0 Å². The minimum absolute atomic E-state index is 0.0833. The summed E-state index contributed by atoms with van der Waals surface area (Å²) >= 11 is 5.06. The normalized spacial score (nSPS) is 12.4. The fraction of sp³-hybridized carbons (Fsp3) is 0.583. The lowest BCUT2D eigenvalue weighted by atomic mass is 10.1. The van der Waals surface area contributed by atoms with Gasteiger partial charge >= 0.3 is 0 Å². The molecule has 0 aliphatic heterocycles. The molecule has 3 nitrogen and oxygen atoms in total. The number of hydrogen-bond donors (Lipinski definition) is 2. The van der Waals surface area contributed by atoms with E-state index in [4.69, 9.17) is 5.11 Å². The van der Waals surface area contributed by atoms with Crippen molar-refractivity contribution in [2.24, 2.45) is 0 Å². The van der Waals surface area contributed by atoms with E-state index in [1.54, 1.807) is 11.3 Å². The molecule has 1 rings (SSSR count). The van der Waals surface area contributed by atoms with Gasteiger partial charge in [-0.2, -0.15) is 0 Å². The number of amides is 1. The molecular weight excluding hydrogens is 302 g/mol. The smallest absolute Gasteiger partial charge is 0.220 e. The van der Waals surface area contributed by atoms with Gasteiger partial charge in [-0.3, -0.25) is 4.79 Å². The minimum Gasteiger partial charge on any atom is -0.396 e. The summed E-state index contributed by atoms with van der Waals surface area (Å²) in [7, 11) is 0. The molecule has 0 aliphatic rings. The number of aliphatic hydroxyl groups is 1. The van der Waals surface area contributed by atoms with E-state index in [1.807, 2.05) is 18.4 Å². The molecule has 1 amide bonds. The summed E-state index contributed by atoms with van der Waals surface area (Å²) in [6, 6.07) is 2.19. The van der Waals surface area contributed by atoms with Crippen LogP contribution in [-0.2, 0) is 11.2 Å². The monoisotopic (exact) mass is 319 g/mol. The molecule has 1 aromatic heterocycles. The zero-order valence-corrected chi connectivity index (χ0v) is 12.3. The lowest BCUT2D eigenvalue weighted by molar-refractivity contribution is -0.121. The molecule has 0 fully saturated rings. The van der Waals surface area contributed by atoms with Crippen molar-refractivity contribution in [3.63, 3.8) is 0 Å². The van der Waals surface area contributed by atoms with Gasteiger partial charge in [0.2, 0.25) is 5.91 Å². The Morgan fingerprint density at radius 2 is 2.41 bits per heavy atom. The van der Waals surface area contributed by atoms with Crippen molar-refractivity contribution < 1.29 is 9.90 Å². The van der Waals surface area contributed by atoms with Crippen molar-refractivity contribution in [3.05, 3.63) is 20.8 Å². The molecule has 1 heterocycles. The van der Waals surface area contributed by atoms with E-state index in [2.05, 4.69) is 21.2 Å². The van der Waals surface area contributed by atoms with Crippen LogP contribution in [0.4, 0.5) is 0 Å². The number of rotatable bonds is 7. The summed E-state index contributed by atoms with van der Waals surface area (Å²) in [6.07, 6.45) is 2.87. The third-order valence-electron chi connectivity index (χ3n) is 2.42. The number of halogens is 1. The molecule has 0 radical (unpaired) electrons. The Kier molecular flexibility index (Phi) is 6.77. The Balaban J connectivity index is 2.21. The maximum Gasteiger partial charge on any atom is 0.220 e. The summed E-state index contributed by atoms with van der Waals surface area (Å²) in [6.45, 7) is 2.15. The fourth-order valence-electron chi connectivity index (χ4n) is 1.54. The number of hydrogen-bond acceptors (Lipinski definition) is 3. The van der Waals surface area contributed by atoms with Gasteiger partial charge < -0.3 is 10.4 Å². The molecule has 0 aromatic carbocycles. The fourth-order valence-corrected chi connectivity index (χ4v) is 2.99. The first-order valence-electron chi connectivity index (χ1n) is 5.75. The number of aryl methyl sites for hydroxylation is 1. The molecule has 0 bridgehead atoms. The van der Waals surface area contributed by atoms with E-state index in [0.29, 0.717) is 6.42 Å². The summed E-state index contributed by atoms with van der Waals surface area (Å²) in [5, 5.41) is 13.6. The first-order chi connectivity index (χ1) is 8.11. The van der Waals surface area contributed by atoms with Gasteiger partial charge in [0.05, 0.1) is 0 Å². The van der Waals surface area contributed by atoms with Gasteiger partial charge in [0.15, 0.2) is 0 Å². The summed E-state index contributed by atoms with van der Waals surface area (Å²) in [4.78, 5) is 12.8. The lowest BCUT2D eigenvalue weighted by Gasteiger charge is -2.12. The largest absolute Gasteiger partial charge is 0.396 e. The Bertz CT molecular complexity index is 354. The number of carbonyl (C=O) groups is 1. The highest BCUT2D eigenvalue weighted by molar-refractivity contribution is 9.10. The van der Waals surface area contributed by atoms with Gasteiger partial charge in [-0.25, -0.2) is 0 Å². The van der Waals surface area contributed by atoms with Crippen molar-refractivity contribution in [2.75, 3.05) is 6.61 Å². The molecule has 2 N–H and O–H groups in total.